The van der Waals surface area contributed by atoms with Crippen molar-refractivity contribution in [2.24, 2.45) is 11.1 Å². The minimum atomic E-state index is -0.663. The average molecular weight is 278 g/mol. The van der Waals surface area contributed by atoms with E-state index in [9.17, 15) is 4.79 Å². The van der Waals surface area contributed by atoms with Crippen molar-refractivity contribution >= 4 is 5.91 Å². The van der Waals surface area contributed by atoms with E-state index in [4.69, 9.17) is 10.5 Å². The van der Waals surface area contributed by atoms with Gasteiger partial charge in [-0.3, -0.25) is 4.79 Å². The van der Waals surface area contributed by atoms with E-state index in [-0.39, 0.29) is 11.9 Å². The number of nitrogens with one attached hydrogen (secondary N) is 1. The molecule has 20 heavy (non-hydrogen) atoms. The lowest BCUT2D eigenvalue weighted by Gasteiger charge is -2.37. The van der Waals surface area contributed by atoms with Crippen LogP contribution in [0.1, 0.15) is 46.2 Å². The molecule has 0 aliphatic carbocycles. The Kier molecular flexibility index (Phi) is 4.81. The van der Waals surface area contributed by atoms with Gasteiger partial charge in [0, 0.05) is 11.1 Å². The molecule has 0 fully saturated rings. The average Bonchev–Trinajstić information content (AvgIpc) is 2.37. The van der Waals surface area contributed by atoms with Gasteiger partial charge >= 0.3 is 0 Å². The van der Waals surface area contributed by atoms with Crippen LogP contribution < -0.4 is 15.8 Å². The van der Waals surface area contributed by atoms with Crippen molar-refractivity contribution in [1.29, 1.82) is 0 Å². The molecule has 0 radical (unpaired) electrons. The number of ether oxygens (including phenoxy) is 1. The number of rotatable bonds is 5. The summed E-state index contributed by atoms with van der Waals surface area (Å²) in [5, 5.41) is 3.02. The van der Waals surface area contributed by atoms with Gasteiger partial charge in [0.1, 0.15) is 5.75 Å². The molecule has 112 valence electrons. The summed E-state index contributed by atoms with van der Waals surface area (Å²) in [5.74, 6) is 0.702. The Morgan fingerprint density at radius 1 is 1.25 bits per heavy atom. The lowest BCUT2D eigenvalue weighted by molar-refractivity contribution is -0.132. The Hall–Kier alpha value is -1.55. The van der Waals surface area contributed by atoms with Crippen molar-refractivity contribution in [2.45, 2.75) is 46.2 Å². The predicted molar refractivity (Wildman–Crippen MR) is 81.6 cm³/mol. The molecule has 1 atom stereocenters. The summed E-state index contributed by atoms with van der Waals surface area (Å²) in [6.07, 6.45) is 0. The number of carbonyl (C=O) groups is 1. The fourth-order valence-corrected chi connectivity index (χ4v) is 1.77. The van der Waals surface area contributed by atoms with Crippen molar-refractivity contribution in [2.75, 3.05) is 7.11 Å². The van der Waals surface area contributed by atoms with Crippen molar-refractivity contribution in [3.63, 3.8) is 0 Å². The minimum Gasteiger partial charge on any atom is -0.496 e. The molecule has 0 spiro atoms. The second-order valence-corrected chi connectivity index (χ2v) is 6.28. The van der Waals surface area contributed by atoms with E-state index in [1.807, 2.05) is 58.9 Å². The molecule has 1 aromatic rings. The highest BCUT2D eigenvalue weighted by molar-refractivity contribution is 5.83. The third kappa shape index (κ3) is 3.31. The zero-order valence-corrected chi connectivity index (χ0v) is 13.3. The highest BCUT2D eigenvalue weighted by Gasteiger charge is 2.40. The van der Waals surface area contributed by atoms with Gasteiger partial charge in [0.25, 0.3) is 0 Å². The van der Waals surface area contributed by atoms with Gasteiger partial charge in [0.05, 0.1) is 18.6 Å². The molecule has 1 aromatic carbocycles. The van der Waals surface area contributed by atoms with Crippen molar-refractivity contribution in [3.8, 4) is 5.75 Å². The number of hydrogen-bond donors (Lipinski definition) is 2. The normalized spacial score (nSPS) is 13.8. The first-order chi connectivity index (χ1) is 9.11. The lowest BCUT2D eigenvalue weighted by Crippen LogP contribution is -2.55. The molecule has 0 aliphatic rings. The number of methoxy groups -OCH3 is 1. The predicted octanol–water partition coefficient (Wildman–Crippen LogP) is 2.64. The van der Waals surface area contributed by atoms with Gasteiger partial charge in [-0.2, -0.15) is 0 Å². The molecule has 0 aliphatic heterocycles. The van der Waals surface area contributed by atoms with E-state index in [1.54, 1.807) is 7.11 Å². The molecule has 0 unspecified atom stereocenters. The summed E-state index contributed by atoms with van der Waals surface area (Å²) in [6.45, 7) is 9.38. The number of nitrogens with two attached hydrogens (primary N) is 1. The number of benzene rings is 1. The minimum absolute atomic E-state index is 0.0663. The van der Waals surface area contributed by atoms with Crippen LogP contribution >= 0.6 is 0 Å². The summed E-state index contributed by atoms with van der Waals surface area (Å²) < 4.78 is 5.32. The van der Waals surface area contributed by atoms with Crippen molar-refractivity contribution in [1.82, 2.24) is 5.32 Å². The first kappa shape index (κ1) is 16.5. The molecule has 4 nitrogen and oxygen atoms in total. The first-order valence-corrected chi connectivity index (χ1v) is 6.84. The molecule has 3 N–H and O–H groups in total. The highest BCUT2D eigenvalue weighted by Crippen LogP contribution is 2.30. The van der Waals surface area contributed by atoms with Crippen molar-refractivity contribution in [3.05, 3.63) is 29.8 Å². The Morgan fingerprint density at radius 2 is 1.80 bits per heavy atom. The standard InChI is InChI=1S/C16H26N2O2/c1-11(12-9-7-8-10-13(12)20-6)18-14(19)15(2,3)16(4,5)17/h7-11H,17H2,1-6H3,(H,18,19)/t11-/m0/s1. The third-order valence-electron chi connectivity index (χ3n) is 4.13. The molecular formula is C16H26N2O2. The molecular weight excluding hydrogens is 252 g/mol. The fraction of sp³-hybridized carbons (Fsp3) is 0.562. The van der Waals surface area contributed by atoms with Crippen LogP contribution in [0.15, 0.2) is 24.3 Å². The number of carbonyl (C=O) groups excluding carboxylic acids is 1. The van der Waals surface area contributed by atoms with Crippen LogP contribution in [0.2, 0.25) is 0 Å². The van der Waals surface area contributed by atoms with E-state index in [2.05, 4.69) is 5.32 Å². The van der Waals surface area contributed by atoms with Crippen molar-refractivity contribution < 1.29 is 9.53 Å². The van der Waals surface area contributed by atoms with Gasteiger partial charge in [-0.15, -0.1) is 0 Å². The largest absolute Gasteiger partial charge is 0.496 e. The maximum absolute atomic E-state index is 12.5. The van der Waals surface area contributed by atoms with E-state index >= 15 is 0 Å². The molecule has 0 aromatic heterocycles. The fourth-order valence-electron chi connectivity index (χ4n) is 1.77. The summed E-state index contributed by atoms with van der Waals surface area (Å²) in [5.41, 5.74) is 5.79. The Labute approximate surface area is 121 Å². The van der Waals surface area contributed by atoms with Gasteiger partial charge in [-0.05, 0) is 40.7 Å². The Morgan fingerprint density at radius 3 is 2.30 bits per heavy atom. The molecule has 0 saturated heterocycles. The maximum Gasteiger partial charge on any atom is 0.227 e. The van der Waals surface area contributed by atoms with Crippen LogP contribution in [0, 0.1) is 5.41 Å². The van der Waals surface area contributed by atoms with E-state index in [0.717, 1.165) is 11.3 Å². The monoisotopic (exact) mass is 278 g/mol. The molecule has 0 saturated carbocycles. The smallest absolute Gasteiger partial charge is 0.227 e. The van der Waals surface area contributed by atoms with Crippen LogP contribution in [-0.2, 0) is 4.79 Å². The zero-order chi connectivity index (χ0) is 15.6. The second-order valence-electron chi connectivity index (χ2n) is 6.28. The van der Waals surface area contributed by atoms with Gasteiger partial charge < -0.3 is 15.8 Å². The van der Waals surface area contributed by atoms with E-state index in [0.29, 0.717) is 0 Å². The summed E-state index contributed by atoms with van der Waals surface area (Å²) >= 11 is 0. The number of amides is 1. The van der Waals surface area contributed by atoms with Gasteiger partial charge in [-0.25, -0.2) is 0 Å². The maximum atomic E-state index is 12.5. The quantitative estimate of drug-likeness (QED) is 0.870. The lowest BCUT2D eigenvalue weighted by atomic mass is 9.74. The summed E-state index contributed by atoms with van der Waals surface area (Å²) in [7, 11) is 1.63. The molecule has 0 bridgehead atoms. The van der Waals surface area contributed by atoms with Crippen LogP contribution in [0.5, 0.6) is 5.75 Å². The number of para-hydroxylation sites is 1. The van der Waals surface area contributed by atoms with Crippen LogP contribution in [0.3, 0.4) is 0 Å². The third-order valence-corrected chi connectivity index (χ3v) is 4.13. The van der Waals surface area contributed by atoms with Gasteiger partial charge in [0.15, 0.2) is 0 Å². The molecule has 0 heterocycles. The van der Waals surface area contributed by atoms with E-state index in [1.165, 1.54) is 0 Å². The van der Waals surface area contributed by atoms with Crippen LogP contribution in [0.25, 0.3) is 0 Å². The highest BCUT2D eigenvalue weighted by atomic mass is 16.5. The Bertz CT molecular complexity index is 476. The second kappa shape index (κ2) is 5.83. The van der Waals surface area contributed by atoms with Gasteiger partial charge in [0.2, 0.25) is 5.91 Å². The Balaban J connectivity index is 2.91. The topological polar surface area (TPSA) is 64.3 Å². The molecule has 1 rings (SSSR count). The number of hydrogen-bond acceptors (Lipinski definition) is 3. The summed E-state index contributed by atoms with van der Waals surface area (Å²) in [4.78, 5) is 12.5. The van der Waals surface area contributed by atoms with E-state index < -0.39 is 11.0 Å². The van der Waals surface area contributed by atoms with Gasteiger partial charge in [-0.1, -0.05) is 18.2 Å². The summed E-state index contributed by atoms with van der Waals surface area (Å²) in [6, 6.07) is 7.53. The molecule has 4 heteroatoms. The van der Waals surface area contributed by atoms with Crippen LogP contribution in [-0.4, -0.2) is 18.6 Å². The zero-order valence-electron chi connectivity index (χ0n) is 13.3. The molecule has 1 amide bonds. The SMILES string of the molecule is COc1ccccc1[C@H](C)NC(=O)C(C)(C)C(C)(C)N. The first-order valence-electron chi connectivity index (χ1n) is 6.84. The van der Waals surface area contributed by atoms with Crippen LogP contribution in [0.4, 0.5) is 0 Å².